The Hall–Kier alpha value is -1.52. The Kier molecular flexibility index (Phi) is 5.52. The van der Waals surface area contributed by atoms with Crippen molar-refractivity contribution >= 4 is 6.03 Å². The summed E-state index contributed by atoms with van der Waals surface area (Å²) < 4.78 is 1.75. The first-order valence-electron chi connectivity index (χ1n) is 6.08. The Morgan fingerprint density at radius 1 is 1.47 bits per heavy atom. The molecule has 1 rings (SSSR count). The van der Waals surface area contributed by atoms with E-state index in [-0.39, 0.29) is 6.03 Å². The molecule has 0 saturated heterocycles. The normalized spacial score (nSPS) is 10.6. The van der Waals surface area contributed by atoms with Crippen LogP contribution in [-0.2, 0) is 13.6 Å². The molecular weight excluding hydrogens is 216 g/mol. The minimum absolute atomic E-state index is 0.116. The zero-order chi connectivity index (χ0) is 12.7. The maximum atomic E-state index is 11.4. The lowest BCUT2D eigenvalue weighted by atomic mass is 10.1. The maximum absolute atomic E-state index is 11.4. The summed E-state index contributed by atoms with van der Waals surface area (Å²) in [6.45, 7) is 5.60. The fourth-order valence-electron chi connectivity index (χ4n) is 1.52. The van der Waals surface area contributed by atoms with Crippen LogP contribution in [0.3, 0.4) is 0 Å². The molecule has 5 heteroatoms. The zero-order valence-electron chi connectivity index (χ0n) is 10.9. The van der Waals surface area contributed by atoms with E-state index in [4.69, 9.17) is 0 Å². The molecule has 0 bridgehead atoms. The minimum Gasteiger partial charge on any atom is -0.338 e. The molecule has 0 aliphatic carbocycles. The molecule has 0 spiro atoms. The van der Waals surface area contributed by atoms with Crippen molar-refractivity contribution in [1.82, 2.24) is 20.4 Å². The van der Waals surface area contributed by atoms with Gasteiger partial charge in [-0.2, -0.15) is 5.10 Å². The first kappa shape index (κ1) is 13.5. The number of amides is 2. The second kappa shape index (κ2) is 6.93. The summed E-state index contributed by atoms with van der Waals surface area (Å²) in [5, 5.41) is 9.68. The Balaban J connectivity index is 2.11. The second-order valence-corrected chi connectivity index (χ2v) is 4.59. The Labute approximate surface area is 103 Å². The number of carbonyl (C=O) groups excluding carboxylic acids is 1. The standard InChI is InChI=1S/C12H22N4O/c1-10(2)5-4-7-13-12(17)14-9-11-6-8-15-16(11)3/h6,8,10H,4-5,7,9H2,1-3H3,(H2,13,14,17). The van der Waals surface area contributed by atoms with Gasteiger partial charge < -0.3 is 10.6 Å². The Morgan fingerprint density at radius 3 is 2.82 bits per heavy atom. The first-order valence-corrected chi connectivity index (χ1v) is 6.08. The predicted molar refractivity (Wildman–Crippen MR) is 67.5 cm³/mol. The topological polar surface area (TPSA) is 59.0 Å². The summed E-state index contributed by atoms with van der Waals surface area (Å²) >= 11 is 0. The molecule has 1 aromatic heterocycles. The predicted octanol–water partition coefficient (Wildman–Crippen LogP) is 1.66. The number of aromatic nitrogens is 2. The molecule has 2 amide bonds. The van der Waals surface area contributed by atoms with Crippen LogP contribution in [-0.4, -0.2) is 22.4 Å². The molecule has 0 radical (unpaired) electrons. The van der Waals surface area contributed by atoms with Gasteiger partial charge in [-0.3, -0.25) is 4.68 Å². The van der Waals surface area contributed by atoms with E-state index in [2.05, 4.69) is 29.6 Å². The van der Waals surface area contributed by atoms with Crippen LogP contribution in [0.1, 0.15) is 32.4 Å². The molecule has 5 nitrogen and oxygen atoms in total. The summed E-state index contributed by atoms with van der Waals surface area (Å²) in [6.07, 6.45) is 3.89. The first-order chi connectivity index (χ1) is 8.09. The van der Waals surface area contributed by atoms with E-state index >= 15 is 0 Å². The van der Waals surface area contributed by atoms with Crippen LogP contribution >= 0.6 is 0 Å². The van der Waals surface area contributed by atoms with Crippen molar-refractivity contribution < 1.29 is 4.79 Å². The molecule has 17 heavy (non-hydrogen) atoms. The highest BCUT2D eigenvalue weighted by atomic mass is 16.2. The highest BCUT2D eigenvalue weighted by Crippen LogP contribution is 2.01. The van der Waals surface area contributed by atoms with Gasteiger partial charge in [0.2, 0.25) is 0 Å². The van der Waals surface area contributed by atoms with Crippen molar-refractivity contribution in [2.24, 2.45) is 13.0 Å². The lowest BCUT2D eigenvalue weighted by Gasteiger charge is -2.08. The Bertz CT molecular complexity index is 346. The number of nitrogens with one attached hydrogen (secondary N) is 2. The number of carbonyl (C=O) groups is 1. The van der Waals surface area contributed by atoms with Gasteiger partial charge in [0.1, 0.15) is 0 Å². The van der Waals surface area contributed by atoms with Gasteiger partial charge in [0.25, 0.3) is 0 Å². The molecule has 1 aromatic rings. The van der Waals surface area contributed by atoms with E-state index in [0.29, 0.717) is 12.5 Å². The van der Waals surface area contributed by atoms with Crippen molar-refractivity contribution in [2.45, 2.75) is 33.2 Å². The SMILES string of the molecule is CC(C)CCCNC(=O)NCc1ccnn1C. The zero-order valence-corrected chi connectivity index (χ0v) is 10.9. The van der Waals surface area contributed by atoms with E-state index in [1.54, 1.807) is 10.9 Å². The van der Waals surface area contributed by atoms with E-state index in [1.165, 1.54) is 0 Å². The van der Waals surface area contributed by atoms with E-state index in [9.17, 15) is 4.79 Å². The third kappa shape index (κ3) is 5.38. The van der Waals surface area contributed by atoms with Crippen LogP contribution in [0.15, 0.2) is 12.3 Å². The van der Waals surface area contributed by atoms with Crippen LogP contribution in [0.5, 0.6) is 0 Å². The average Bonchev–Trinajstić information content (AvgIpc) is 2.67. The van der Waals surface area contributed by atoms with Gasteiger partial charge in [0, 0.05) is 19.8 Å². The van der Waals surface area contributed by atoms with Crippen LogP contribution < -0.4 is 10.6 Å². The summed E-state index contributed by atoms with van der Waals surface area (Å²) in [4.78, 5) is 11.4. The smallest absolute Gasteiger partial charge is 0.315 e. The summed E-state index contributed by atoms with van der Waals surface area (Å²) in [6, 6.07) is 1.77. The quantitative estimate of drug-likeness (QED) is 0.740. The highest BCUT2D eigenvalue weighted by molar-refractivity contribution is 5.73. The molecular formula is C12H22N4O. The van der Waals surface area contributed by atoms with E-state index < -0.39 is 0 Å². The van der Waals surface area contributed by atoms with E-state index in [1.807, 2.05) is 13.1 Å². The van der Waals surface area contributed by atoms with Crippen LogP contribution in [0, 0.1) is 5.92 Å². The van der Waals surface area contributed by atoms with Crippen LogP contribution in [0.4, 0.5) is 4.79 Å². The van der Waals surface area contributed by atoms with Crippen LogP contribution in [0.2, 0.25) is 0 Å². The lowest BCUT2D eigenvalue weighted by Crippen LogP contribution is -2.36. The third-order valence-corrected chi connectivity index (χ3v) is 2.60. The largest absolute Gasteiger partial charge is 0.338 e. The van der Waals surface area contributed by atoms with E-state index in [0.717, 1.165) is 25.1 Å². The van der Waals surface area contributed by atoms with Gasteiger partial charge >= 0.3 is 6.03 Å². The Morgan fingerprint density at radius 2 is 2.24 bits per heavy atom. The van der Waals surface area contributed by atoms with Crippen molar-refractivity contribution in [1.29, 1.82) is 0 Å². The fourth-order valence-corrected chi connectivity index (χ4v) is 1.52. The van der Waals surface area contributed by atoms with Crippen LogP contribution in [0.25, 0.3) is 0 Å². The molecule has 0 aromatic carbocycles. The van der Waals surface area contributed by atoms with Gasteiger partial charge in [-0.15, -0.1) is 0 Å². The van der Waals surface area contributed by atoms with Crippen molar-refractivity contribution in [3.63, 3.8) is 0 Å². The van der Waals surface area contributed by atoms with Gasteiger partial charge in [-0.05, 0) is 24.8 Å². The van der Waals surface area contributed by atoms with Crippen molar-refractivity contribution in [2.75, 3.05) is 6.54 Å². The number of hydrogen-bond acceptors (Lipinski definition) is 2. The third-order valence-electron chi connectivity index (χ3n) is 2.60. The monoisotopic (exact) mass is 238 g/mol. The number of rotatable bonds is 6. The molecule has 2 N–H and O–H groups in total. The maximum Gasteiger partial charge on any atom is 0.315 e. The minimum atomic E-state index is -0.116. The number of nitrogens with zero attached hydrogens (tertiary/aromatic N) is 2. The molecule has 0 aliphatic rings. The van der Waals surface area contributed by atoms with Crippen molar-refractivity contribution in [3.05, 3.63) is 18.0 Å². The molecule has 1 heterocycles. The molecule has 96 valence electrons. The molecule has 0 saturated carbocycles. The fraction of sp³-hybridized carbons (Fsp3) is 0.667. The highest BCUT2D eigenvalue weighted by Gasteiger charge is 2.02. The summed E-state index contributed by atoms with van der Waals surface area (Å²) in [5.41, 5.74) is 0.988. The molecule has 0 fully saturated rings. The van der Waals surface area contributed by atoms with Crippen molar-refractivity contribution in [3.8, 4) is 0 Å². The van der Waals surface area contributed by atoms with Gasteiger partial charge in [-0.1, -0.05) is 13.8 Å². The van der Waals surface area contributed by atoms with Gasteiger partial charge in [0.05, 0.1) is 12.2 Å². The lowest BCUT2D eigenvalue weighted by molar-refractivity contribution is 0.240. The molecule has 0 atom stereocenters. The molecule has 0 aliphatic heterocycles. The summed E-state index contributed by atoms with van der Waals surface area (Å²) in [5.74, 6) is 0.689. The molecule has 0 unspecified atom stereocenters. The summed E-state index contributed by atoms with van der Waals surface area (Å²) in [7, 11) is 1.86. The second-order valence-electron chi connectivity index (χ2n) is 4.59. The number of aryl methyl sites for hydroxylation is 1. The number of urea groups is 1. The van der Waals surface area contributed by atoms with Gasteiger partial charge in [-0.25, -0.2) is 4.79 Å². The number of hydrogen-bond donors (Lipinski definition) is 2. The average molecular weight is 238 g/mol. The van der Waals surface area contributed by atoms with Gasteiger partial charge in [0.15, 0.2) is 0 Å².